The first kappa shape index (κ1) is 26.9. The molecule has 2 aromatic heterocycles. The van der Waals surface area contributed by atoms with Gasteiger partial charge in [-0.2, -0.15) is 4.31 Å². The highest BCUT2D eigenvalue weighted by Gasteiger charge is 2.38. The Morgan fingerprint density at radius 2 is 2.00 bits per heavy atom. The van der Waals surface area contributed by atoms with Gasteiger partial charge < -0.3 is 21.1 Å². The van der Waals surface area contributed by atoms with E-state index in [4.69, 9.17) is 21.2 Å². The molecule has 0 radical (unpaired) electrons. The fourth-order valence-corrected chi connectivity index (χ4v) is 7.74. The standard InChI is InChI=1S/C29H37N7O3S/c1-3-19-4-6-23-24(12-19)33-18-34-28(23)35-10-11-39-25-7-5-20(13-22(25)16-35)21-14-26(27(30)32-15-21)40(37,38)36-9-8-29(2,31)17-36/h5,7,13-15,18-19H,3-4,6,8-12,16-17,31H2,1-2H3,(H2,30,32)/t19-,29?/m0/s1. The van der Waals surface area contributed by atoms with Crippen LogP contribution in [0.15, 0.2) is 41.7 Å². The molecule has 4 N–H and O–H groups in total. The number of benzene rings is 1. The van der Waals surface area contributed by atoms with E-state index in [0.717, 1.165) is 47.7 Å². The van der Waals surface area contributed by atoms with Crippen molar-refractivity contribution in [1.82, 2.24) is 19.3 Å². The predicted molar refractivity (Wildman–Crippen MR) is 154 cm³/mol. The van der Waals surface area contributed by atoms with E-state index in [9.17, 15) is 8.42 Å². The third-order valence-electron chi connectivity index (χ3n) is 8.52. The number of hydrogen-bond donors (Lipinski definition) is 2. The van der Waals surface area contributed by atoms with Crippen LogP contribution in [-0.4, -0.2) is 59.5 Å². The molecule has 6 rings (SSSR count). The average Bonchev–Trinajstić information content (AvgIpc) is 3.19. The van der Waals surface area contributed by atoms with E-state index >= 15 is 0 Å². The zero-order valence-electron chi connectivity index (χ0n) is 23.1. The van der Waals surface area contributed by atoms with Crippen LogP contribution >= 0.6 is 0 Å². The highest BCUT2D eigenvalue weighted by atomic mass is 32.2. The van der Waals surface area contributed by atoms with Gasteiger partial charge in [-0.1, -0.05) is 19.4 Å². The molecule has 1 aliphatic carbocycles. The molecule has 3 aromatic rings. The fourth-order valence-electron chi connectivity index (χ4n) is 6.07. The third-order valence-corrected chi connectivity index (χ3v) is 10.4. The maximum atomic E-state index is 13.5. The van der Waals surface area contributed by atoms with Crippen LogP contribution in [0.5, 0.6) is 5.75 Å². The number of nitrogens with two attached hydrogens (primary N) is 2. The summed E-state index contributed by atoms with van der Waals surface area (Å²) in [5.41, 5.74) is 16.7. The molecular weight excluding hydrogens is 526 g/mol. The average molecular weight is 564 g/mol. The summed E-state index contributed by atoms with van der Waals surface area (Å²) in [5.74, 6) is 2.47. The molecule has 0 bridgehead atoms. The number of nitrogens with zero attached hydrogens (tertiary/aromatic N) is 5. The van der Waals surface area contributed by atoms with Crippen LogP contribution in [0.1, 0.15) is 49.9 Å². The van der Waals surface area contributed by atoms with E-state index in [1.165, 1.54) is 16.3 Å². The van der Waals surface area contributed by atoms with Gasteiger partial charge in [-0.05, 0) is 62.3 Å². The van der Waals surface area contributed by atoms with Gasteiger partial charge >= 0.3 is 0 Å². The van der Waals surface area contributed by atoms with Gasteiger partial charge in [0.2, 0.25) is 10.0 Å². The van der Waals surface area contributed by atoms with Gasteiger partial charge in [0.25, 0.3) is 0 Å². The smallest absolute Gasteiger partial charge is 0.246 e. The number of sulfonamides is 1. The second kappa shape index (κ2) is 10.3. The van der Waals surface area contributed by atoms with Crippen LogP contribution in [0.3, 0.4) is 0 Å². The summed E-state index contributed by atoms with van der Waals surface area (Å²) in [5, 5.41) is 0. The molecule has 1 saturated heterocycles. The molecular formula is C29H37N7O3S. The number of aromatic nitrogens is 3. The quantitative estimate of drug-likeness (QED) is 0.479. The lowest BCUT2D eigenvalue weighted by Crippen LogP contribution is -2.40. The Morgan fingerprint density at radius 3 is 2.77 bits per heavy atom. The third kappa shape index (κ3) is 5.02. The Morgan fingerprint density at radius 1 is 1.15 bits per heavy atom. The molecule has 2 atom stereocenters. The van der Waals surface area contributed by atoms with Crippen molar-refractivity contribution >= 4 is 21.7 Å². The molecule has 11 heteroatoms. The summed E-state index contributed by atoms with van der Waals surface area (Å²) in [4.78, 5) is 15.9. The molecule has 40 heavy (non-hydrogen) atoms. The first-order valence-electron chi connectivity index (χ1n) is 14.0. The summed E-state index contributed by atoms with van der Waals surface area (Å²) >= 11 is 0. The van der Waals surface area contributed by atoms with E-state index in [-0.39, 0.29) is 17.3 Å². The summed E-state index contributed by atoms with van der Waals surface area (Å²) in [7, 11) is -3.83. The molecule has 1 unspecified atom stereocenters. The Labute approximate surface area is 235 Å². The first-order chi connectivity index (χ1) is 19.1. The van der Waals surface area contributed by atoms with Gasteiger partial charge in [-0.3, -0.25) is 0 Å². The van der Waals surface area contributed by atoms with Gasteiger partial charge in [-0.25, -0.2) is 23.4 Å². The lowest BCUT2D eigenvalue weighted by molar-refractivity contribution is 0.331. The SMILES string of the molecule is CC[C@H]1CCc2c(ncnc2N2CCOc3ccc(-c4cnc(N)c(S(=O)(=O)N5CCC(C)(N)C5)c4)cc3C2)C1. The fraction of sp³-hybridized carbons (Fsp3) is 0.483. The van der Waals surface area contributed by atoms with E-state index < -0.39 is 15.6 Å². The van der Waals surface area contributed by atoms with Crippen LogP contribution in [-0.2, 0) is 29.4 Å². The van der Waals surface area contributed by atoms with Crippen molar-refractivity contribution in [2.75, 3.05) is 36.9 Å². The molecule has 0 amide bonds. The minimum atomic E-state index is -3.83. The van der Waals surface area contributed by atoms with Gasteiger partial charge in [0.1, 0.15) is 35.2 Å². The maximum Gasteiger partial charge on any atom is 0.246 e. The van der Waals surface area contributed by atoms with Crippen LogP contribution in [0.4, 0.5) is 11.6 Å². The number of hydrogen-bond acceptors (Lipinski definition) is 9. The summed E-state index contributed by atoms with van der Waals surface area (Å²) in [6, 6.07) is 7.54. The highest BCUT2D eigenvalue weighted by Crippen LogP contribution is 2.36. The Kier molecular flexibility index (Phi) is 6.92. The second-order valence-corrected chi connectivity index (χ2v) is 13.5. The summed E-state index contributed by atoms with van der Waals surface area (Å²) < 4.78 is 34.5. The lowest BCUT2D eigenvalue weighted by atomic mass is 9.85. The Balaban J connectivity index is 1.31. The Bertz CT molecular complexity index is 1540. The normalized spacial score (nSPS) is 23.3. The van der Waals surface area contributed by atoms with Crippen molar-refractivity contribution in [2.24, 2.45) is 11.7 Å². The molecule has 0 spiro atoms. The van der Waals surface area contributed by atoms with Gasteiger partial charge in [0.15, 0.2) is 0 Å². The molecule has 212 valence electrons. The van der Waals surface area contributed by atoms with E-state index in [1.807, 2.05) is 25.1 Å². The molecule has 0 saturated carbocycles. The number of anilines is 2. The van der Waals surface area contributed by atoms with Gasteiger partial charge in [0, 0.05) is 53.8 Å². The van der Waals surface area contributed by atoms with Crippen molar-refractivity contribution in [3.63, 3.8) is 0 Å². The van der Waals surface area contributed by atoms with Crippen LogP contribution in [0, 0.1) is 5.92 Å². The monoisotopic (exact) mass is 563 g/mol. The number of rotatable bonds is 5. The topological polar surface area (TPSA) is 141 Å². The lowest BCUT2D eigenvalue weighted by Gasteiger charge is -2.29. The zero-order chi connectivity index (χ0) is 28.1. The van der Waals surface area contributed by atoms with E-state index in [1.54, 1.807) is 18.6 Å². The van der Waals surface area contributed by atoms with Crippen LogP contribution < -0.4 is 21.1 Å². The largest absolute Gasteiger partial charge is 0.491 e. The molecule has 10 nitrogen and oxygen atoms in total. The van der Waals surface area contributed by atoms with Gasteiger partial charge in [-0.15, -0.1) is 0 Å². The minimum absolute atomic E-state index is 0.00789. The minimum Gasteiger partial charge on any atom is -0.491 e. The number of ether oxygens (including phenoxy) is 1. The van der Waals surface area contributed by atoms with Crippen molar-refractivity contribution in [3.8, 4) is 16.9 Å². The molecule has 2 aliphatic heterocycles. The number of nitrogen functional groups attached to an aromatic ring is 1. The van der Waals surface area contributed by atoms with Crippen LogP contribution in [0.2, 0.25) is 0 Å². The highest BCUT2D eigenvalue weighted by molar-refractivity contribution is 7.89. The summed E-state index contributed by atoms with van der Waals surface area (Å²) in [6.07, 6.45) is 8.21. The Hall–Kier alpha value is -3.28. The van der Waals surface area contributed by atoms with Crippen molar-refractivity contribution in [3.05, 3.63) is 53.6 Å². The molecule has 4 heterocycles. The van der Waals surface area contributed by atoms with E-state index in [0.29, 0.717) is 44.1 Å². The second-order valence-electron chi connectivity index (χ2n) is 11.6. The summed E-state index contributed by atoms with van der Waals surface area (Å²) in [6.45, 7) is 6.60. The molecule has 1 fully saturated rings. The number of fused-ring (bicyclic) bond motifs is 2. The first-order valence-corrected chi connectivity index (χ1v) is 15.5. The van der Waals surface area contributed by atoms with E-state index in [2.05, 4.69) is 21.8 Å². The van der Waals surface area contributed by atoms with Crippen molar-refractivity contribution in [2.45, 2.75) is 62.9 Å². The number of pyridine rings is 1. The van der Waals surface area contributed by atoms with Crippen molar-refractivity contribution in [1.29, 1.82) is 0 Å². The van der Waals surface area contributed by atoms with Crippen molar-refractivity contribution < 1.29 is 13.2 Å². The molecule has 3 aliphatic rings. The predicted octanol–water partition coefficient (Wildman–Crippen LogP) is 3.15. The maximum absolute atomic E-state index is 13.5. The van der Waals surface area contributed by atoms with Gasteiger partial charge in [0.05, 0.1) is 6.54 Å². The zero-order valence-corrected chi connectivity index (χ0v) is 24.0. The molecule has 1 aromatic carbocycles. The van der Waals surface area contributed by atoms with Crippen LogP contribution in [0.25, 0.3) is 11.1 Å².